The monoisotopic (exact) mass is 251 g/mol. The number of esters is 1. The van der Waals surface area contributed by atoms with Gasteiger partial charge in [0.15, 0.2) is 0 Å². The Morgan fingerprint density at radius 2 is 1.89 bits per heavy atom. The molecule has 18 heavy (non-hydrogen) atoms. The number of carbonyl (C=O) groups is 1. The number of ether oxygens (including phenoxy) is 1. The summed E-state index contributed by atoms with van der Waals surface area (Å²) in [5.41, 5.74) is 6.01. The molecule has 4 nitrogen and oxygen atoms in total. The van der Waals surface area contributed by atoms with Crippen molar-refractivity contribution in [1.82, 2.24) is 0 Å². The standard InChI is InChI=1S/C14H21NO3/c1-14(2,3)18-13(17)12(11(15)9-16)10-7-5-4-6-8-10/h4-8,11-12,16H,9,15H2,1-3H3/t11-,12?/m1/s1. The van der Waals surface area contributed by atoms with Gasteiger partial charge in [-0.15, -0.1) is 0 Å². The number of aliphatic hydroxyl groups excluding tert-OH is 1. The lowest BCUT2D eigenvalue weighted by molar-refractivity contribution is -0.157. The molecule has 0 spiro atoms. The number of benzene rings is 1. The predicted octanol–water partition coefficient (Wildman–Crippen LogP) is 1.43. The molecule has 0 bridgehead atoms. The lowest BCUT2D eigenvalue weighted by Gasteiger charge is -2.26. The molecule has 0 radical (unpaired) electrons. The number of aliphatic hydroxyl groups is 1. The molecule has 2 atom stereocenters. The van der Waals surface area contributed by atoms with Crippen molar-refractivity contribution in [2.24, 2.45) is 5.73 Å². The number of nitrogens with two attached hydrogens (primary N) is 1. The Bertz CT molecular complexity index is 384. The Labute approximate surface area is 108 Å². The molecule has 0 saturated heterocycles. The number of carbonyl (C=O) groups excluding carboxylic acids is 1. The Morgan fingerprint density at radius 1 is 1.33 bits per heavy atom. The largest absolute Gasteiger partial charge is 0.459 e. The van der Waals surface area contributed by atoms with Crippen LogP contribution in [0.5, 0.6) is 0 Å². The van der Waals surface area contributed by atoms with Gasteiger partial charge in [-0.3, -0.25) is 4.79 Å². The third kappa shape index (κ3) is 4.13. The topological polar surface area (TPSA) is 72.5 Å². The van der Waals surface area contributed by atoms with E-state index in [-0.39, 0.29) is 6.61 Å². The molecule has 0 aromatic heterocycles. The number of rotatable bonds is 4. The Balaban J connectivity index is 2.96. The van der Waals surface area contributed by atoms with Crippen molar-refractivity contribution in [1.29, 1.82) is 0 Å². The van der Waals surface area contributed by atoms with E-state index in [1.165, 1.54) is 0 Å². The molecule has 1 aromatic rings. The summed E-state index contributed by atoms with van der Waals surface area (Å²) >= 11 is 0. The van der Waals surface area contributed by atoms with Gasteiger partial charge >= 0.3 is 5.97 Å². The van der Waals surface area contributed by atoms with E-state index >= 15 is 0 Å². The second kappa shape index (κ2) is 5.98. The van der Waals surface area contributed by atoms with Gasteiger partial charge in [-0.05, 0) is 26.3 Å². The van der Waals surface area contributed by atoms with Crippen molar-refractivity contribution in [3.05, 3.63) is 35.9 Å². The Morgan fingerprint density at radius 3 is 2.33 bits per heavy atom. The number of hydrogen-bond donors (Lipinski definition) is 2. The minimum Gasteiger partial charge on any atom is -0.459 e. The molecular formula is C14H21NO3. The van der Waals surface area contributed by atoms with Crippen molar-refractivity contribution in [3.8, 4) is 0 Å². The van der Waals surface area contributed by atoms with E-state index in [0.717, 1.165) is 5.56 Å². The SMILES string of the molecule is CC(C)(C)OC(=O)C(c1ccccc1)[C@H](N)CO. The average molecular weight is 251 g/mol. The van der Waals surface area contributed by atoms with Gasteiger partial charge in [0.2, 0.25) is 0 Å². The second-order valence-electron chi connectivity index (χ2n) is 5.27. The fraction of sp³-hybridized carbons (Fsp3) is 0.500. The van der Waals surface area contributed by atoms with Crippen molar-refractivity contribution < 1.29 is 14.6 Å². The van der Waals surface area contributed by atoms with Crippen LogP contribution >= 0.6 is 0 Å². The molecule has 0 aliphatic rings. The van der Waals surface area contributed by atoms with E-state index in [0.29, 0.717) is 0 Å². The van der Waals surface area contributed by atoms with Gasteiger partial charge in [0.05, 0.1) is 12.5 Å². The van der Waals surface area contributed by atoms with E-state index in [1.54, 1.807) is 20.8 Å². The van der Waals surface area contributed by atoms with E-state index < -0.39 is 23.5 Å². The smallest absolute Gasteiger partial charge is 0.315 e. The van der Waals surface area contributed by atoms with Crippen LogP contribution < -0.4 is 5.73 Å². The van der Waals surface area contributed by atoms with Gasteiger partial charge in [0.1, 0.15) is 5.60 Å². The zero-order chi connectivity index (χ0) is 13.8. The van der Waals surface area contributed by atoms with Crippen LogP contribution in [0.4, 0.5) is 0 Å². The minimum atomic E-state index is -0.665. The summed E-state index contributed by atoms with van der Waals surface area (Å²) in [6.45, 7) is 5.14. The van der Waals surface area contributed by atoms with Crippen LogP contribution in [0.1, 0.15) is 32.3 Å². The molecule has 0 heterocycles. The predicted molar refractivity (Wildman–Crippen MR) is 70.1 cm³/mol. The van der Waals surface area contributed by atoms with Crippen molar-refractivity contribution in [2.45, 2.75) is 38.3 Å². The molecule has 1 rings (SSSR count). The van der Waals surface area contributed by atoms with E-state index in [2.05, 4.69) is 0 Å². The first-order valence-electron chi connectivity index (χ1n) is 5.99. The van der Waals surface area contributed by atoms with E-state index in [4.69, 9.17) is 10.5 Å². The molecule has 1 aromatic carbocycles. The van der Waals surface area contributed by atoms with Crippen LogP contribution in [0.3, 0.4) is 0 Å². The first-order chi connectivity index (χ1) is 8.35. The summed E-state index contributed by atoms with van der Waals surface area (Å²) in [5, 5.41) is 9.18. The van der Waals surface area contributed by atoms with Gasteiger partial charge in [0, 0.05) is 6.04 Å². The van der Waals surface area contributed by atoms with Crippen LogP contribution in [0.15, 0.2) is 30.3 Å². The molecule has 100 valence electrons. The first kappa shape index (κ1) is 14.7. The zero-order valence-corrected chi connectivity index (χ0v) is 11.1. The maximum Gasteiger partial charge on any atom is 0.315 e. The van der Waals surface area contributed by atoms with Gasteiger partial charge < -0.3 is 15.6 Å². The molecular weight excluding hydrogens is 230 g/mol. The van der Waals surface area contributed by atoms with Crippen LogP contribution in [-0.4, -0.2) is 29.3 Å². The highest BCUT2D eigenvalue weighted by atomic mass is 16.6. The van der Waals surface area contributed by atoms with E-state index in [9.17, 15) is 9.90 Å². The molecule has 1 unspecified atom stereocenters. The van der Waals surface area contributed by atoms with Crippen LogP contribution in [-0.2, 0) is 9.53 Å². The quantitative estimate of drug-likeness (QED) is 0.794. The molecule has 0 aliphatic heterocycles. The average Bonchev–Trinajstić information content (AvgIpc) is 2.28. The van der Waals surface area contributed by atoms with E-state index in [1.807, 2.05) is 30.3 Å². The van der Waals surface area contributed by atoms with Crippen molar-refractivity contribution >= 4 is 5.97 Å². The van der Waals surface area contributed by atoms with Crippen molar-refractivity contribution in [3.63, 3.8) is 0 Å². The number of hydrogen-bond acceptors (Lipinski definition) is 4. The van der Waals surface area contributed by atoms with Gasteiger partial charge in [0.25, 0.3) is 0 Å². The normalized spacial score (nSPS) is 14.9. The fourth-order valence-corrected chi connectivity index (χ4v) is 1.69. The maximum atomic E-state index is 12.1. The van der Waals surface area contributed by atoms with Gasteiger partial charge in [-0.25, -0.2) is 0 Å². The van der Waals surface area contributed by atoms with Gasteiger partial charge in [-0.2, -0.15) is 0 Å². The minimum absolute atomic E-state index is 0.265. The molecule has 0 fully saturated rings. The third-order valence-electron chi connectivity index (χ3n) is 2.46. The summed E-state index contributed by atoms with van der Waals surface area (Å²) in [4.78, 5) is 12.1. The van der Waals surface area contributed by atoms with Crippen LogP contribution in [0, 0.1) is 0 Å². The highest BCUT2D eigenvalue weighted by Gasteiger charge is 2.31. The molecule has 0 amide bonds. The van der Waals surface area contributed by atoms with Crippen LogP contribution in [0.25, 0.3) is 0 Å². The van der Waals surface area contributed by atoms with Crippen molar-refractivity contribution in [2.75, 3.05) is 6.61 Å². The summed E-state index contributed by atoms with van der Waals surface area (Å²) < 4.78 is 5.35. The fourth-order valence-electron chi connectivity index (χ4n) is 1.69. The highest BCUT2D eigenvalue weighted by Crippen LogP contribution is 2.23. The second-order valence-corrected chi connectivity index (χ2v) is 5.27. The third-order valence-corrected chi connectivity index (χ3v) is 2.46. The zero-order valence-electron chi connectivity index (χ0n) is 11.1. The Kier molecular flexibility index (Phi) is 4.87. The van der Waals surface area contributed by atoms with Crippen LogP contribution in [0.2, 0.25) is 0 Å². The maximum absolute atomic E-state index is 12.1. The Hall–Kier alpha value is -1.39. The lowest BCUT2D eigenvalue weighted by atomic mass is 9.92. The summed E-state index contributed by atoms with van der Waals surface area (Å²) in [6.07, 6.45) is 0. The first-order valence-corrected chi connectivity index (χ1v) is 5.99. The lowest BCUT2D eigenvalue weighted by Crippen LogP contribution is -2.40. The molecule has 0 aliphatic carbocycles. The summed E-state index contributed by atoms with van der Waals surface area (Å²) in [7, 11) is 0. The molecule has 3 N–H and O–H groups in total. The summed E-state index contributed by atoms with van der Waals surface area (Å²) in [5.74, 6) is -1.05. The highest BCUT2D eigenvalue weighted by molar-refractivity contribution is 5.79. The summed E-state index contributed by atoms with van der Waals surface area (Å²) in [6, 6.07) is 8.48. The molecule has 0 saturated carbocycles. The molecule has 4 heteroatoms. The van der Waals surface area contributed by atoms with Gasteiger partial charge in [-0.1, -0.05) is 30.3 Å².